The van der Waals surface area contributed by atoms with Crippen LogP contribution in [0.3, 0.4) is 0 Å². The van der Waals surface area contributed by atoms with Gasteiger partial charge < -0.3 is 11.1 Å². The number of hydrogen-bond donors (Lipinski definition) is 2. The number of rotatable bonds is 4. The molecule has 4 nitrogen and oxygen atoms in total. The molecular formula is C15H13ClN2O2. The Morgan fingerprint density at radius 1 is 1.05 bits per heavy atom. The number of nitrogens with two attached hydrogens (primary N) is 1. The van der Waals surface area contributed by atoms with Crippen molar-refractivity contribution in [3.05, 3.63) is 64.7 Å². The summed E-state index contributed by atoms with van der Waals surface area (Å²) in [5.74, 6) is -0.460. The van der Waals surface area contributed by atoms with E-state index in [9.17, 15) is 9.59 Å². The molecule has 0 heterocycles. The first-order chi connectivity index (χ1) is 9.61. The largest absolute Gasteiger partial charge is 0.324 e. The number of ketones is 1. The minimum Gasteiger partial charge on any atom is -0.324 e. The van der Waals surface area contributed by atoms with E-state index in [0.717, 1.165) is 0 Å². The molecule has 2 aromatic rings. The standard InChI is InChI=1S/C15H13ClN2O2/c16-12-8-11(14(19)9-17)6-7-13(12)18-15(20)10-4-2-1-3-5-10/h1-8H,9,17H2,(H,18,20). The van der Waals surface area contributed by atoms with Gasteiger partial charge in [-0.15, -0.1) is 0 Å². The van der Waals surface area contributed by atoms with Gasteiger partial charge in [0.1, 0.15) is 0 Å². The highest BCUT2D eigenvalue weighted by Gasteiger charge is 2.10. The van der Waals surface area contributed by atoms with Crippen molar-refractivity contribution in [2.24, 2.45) is 5.73 Å². The summed E-state index contributed by atoms with van der Waals surface area (Å²) >= 11 is 6.05. The van der Waals surface area contributed by atoms with Crippen LogP contribution in [0.4, 0.5) is 5.69 Å². The summed E-state index contributed by atoms with van der Waals surface area (Å²) in [6, 6.07) is 13.5. The van der Waals surface area contributed by atoms with Crippen LogP contribution in [0, 0.1) is 0 Å². The van der Waals surface area contributed by atoms with Gasteiger partial charge in [-0.25, -0.2) is 0 Å². The van der Waals surface area contributed by atoms with E-state index in [0.29, 0.717) is 21.8 Å². The molecular weight excluding hydrogens is 276 g/mol. The SMILES string of the molecule is NCC(=O)c1ccc(NC(=O)c2ccccc2)c(Cl)c1. The number of halogens is 1. The Labute approximate surface area is 121 Å². The molecule has 0 aliphatic heterocycles. The van der Waals surface area contributed by atoms with E-state index in [1.54, 1.807) is 36.4 Å². The molecule has 0 saturated heterocycles. The summed E-state index contributed by atoms with van der Waals surface area (Å²) in [4.78, 5) is 23.4. The van der Waals surface area contributed by atoms with Crippen LogP contribution < -0.4 is 11.1 Å². The Bertz CT molecular complexity index is 642. The van der Waals surface area contributed by atoms with Gasteiger partial charge in [0.2, 0.25) is 0 Å². The number of hydrogen-bond acceptors (Lipinski definition) is 3. The van der Waals surface area contributed by atoms with Crippen molar-refractivity contribution in [1.29, 1.82) is 0 Å². The van der Waals surface area contributed by atoms with Crippen LogP contribution in [0.2, 0.25) is 5.02 Å². The number of amides is 1. The van der Waals surface area contributed by atoms with Crippen LogP contribution in [0.5, 0.6) is 0 Å². The molecule has 0 unspecified atom stereocenters. The normalized spacial score (nSPS) is 10.1. The topological polar surface area (TPSA) is 72.2 Å². The number of anilines is 1. The fourth-order valence-electron chi connectivity index (χ4n) is 1.69. The molecule has 102 valence electrons. The van der Waals surface area contributed by atoms with E-state index in [4.69, 9.17) is 17.3 Å². The van der Waals surface area contributed by atoms with Crippen LogP contribution in [0.1, 0.15) is 20.7 Å². The first-order valence-corrected chi connectivity index (χ1v) is 6.39. The fraction of sp³-hybridized carbons (Fsp3) is 0.0667. The second-order valence-electron chi connectivity index (χ2n) is 4.14. The molecule has 0 aliphatic rings. The van der Waals surface area contributed by atoms with Gasteiger partial charge >= 0.3 is 0 Å². The zero-order valence-corrected chi connectivity index (χ0v) is 11.4. The van der Waals surface area contributed by atoms with Gasteiger partial charge in [-0.3, -0.25) is 9.59 Å². The summed E-state index contributed by atoms with van der Waals surface area (Å²) in [5.41, 5.74) is 6.70. The van der Waals surface area contributed by atoms with Crippen molar-refractivity contribution in [3.8, 4) is 0 Å². The highest BCUT2D eigenvalue weighted by molar-refractivity contribution is 6.34. The minimum atomic E-state index is -0.259. The van der Waals surface area contributed by atoms with Crippen LogP contribution in [-0.2, 0) is 0 Å². The smallest absolute Gasteiger partial charge is 0.255 e. The van der Waals surface area contributed by atoms with E-state index in [-0.39, 0.29) is 18.2 Å². The van der Waals surface area contributed by atoms with E-state index in [1.165, 1.54) is 6.07 Å². The van der Waals surface area contributed by atoms with Gasteiger partial charge in [-0.05, 0) is 30.3 Å². The zero-order chi connectivity index (χ0) is 14.5. The summed E-state index contributed by atoms with van der Waals surface area (Å²) < 4.78 is 0. The number of nitrogens with one attached hydrogen (secondary N) is 1. The number of benzene rings is 2. The lowest BCUT2D eigenvalue weighted by atomic mass is 10.1. The van der Waals surface area contributed by atoms with Crippen molar-refractivity contribution in [3.63, 3.8) is 0 Å². The molecule has 5 heteroatoms. The average molecular weight is 289 g/mol. The third-order valence-electron chi connectivity index (χ3n) is 2.76. The summed E-state index contributed by atoms with van der Waals surface area (Å²) in [6.45, 7) is -0.0773. The second-order valence-corrected chi connectivity index (χ2v) is 4.55. The van der Waals surface area contributed by atoms with E-state index in [2.05, 4.69) is 5.32 Å². The fourth-order valence-corrected chi connectivity index (χ4v) is 1.92. The van der Waals surface area contributed by atoms with Crippen LogP contribution >= 0.6 is 11.6 Å². The predicted octanol–water partition coefficient (Wildman–Crippen LogP) is 2.73. The molecule has 0 atom stereocenters. The Kier molecular flexibility index (Phi) is 4.50. The Morgan fingerprint density at radius 3 is 2.35 bits per heavy atom. The van der Waals surface area contributed by atoms with Crippen molar-refractivity contribution in [1.82, 2.24) is 0 Å². The first kappa shape index (κ1) is 14.2. The molecule has 0 aliphatic carbocycles. The lowest BCUT2D eigenvalue weighted by molar-refractivity contribution is 0.0999. The molecule has 0 saturated carbocycles. The quantitative estimate of drug-likeness (QED) is 0.850. The maximum atomic E-state index is 12.0. The van der Waals surface area contributed by atoms with E-state index in [1.807, 2.05) is 6.07 Å². The highest BCUT2D eigenvalue weighted by Crippen LogP contribution is 2.23. The molecule has 3 N–H and O–H groups in total. The third-order valence-corrected chi connectivity index (χ3v) is 3.07. The molecule has 20 heavy (non-hydrogen) atoms. The third kappa shape index (κ3) is 3.23. The van der Waals surface area contributed by atoms with Crippen molar-refractivity contribution < 1.29 is 9.59 Å². The van der Waals surface area contributed by atoms with Crippen LogP contribution in [-0.4, -0.2) is 18.2 Å². The molecule has 0 spiro atoms. The molecule has 2 rings (SSSR count). The minimum absolute atomic E-state index is 0.0773. The number of carbonyl (C=O) groups is 2. The van der Waals surface area contributed by atoms with Gasteiger partial charge in [0.25, 0.3) is 5.91 Å². The zero-order valence-electron chi connectivity index (χ0n) is 10.6. The Hall–Kier alpha value is -2.17. The number of carbonyl (C=O) groups excluding carboxylic acids is 2. The molecule has 0 fully saturated rings. The summed E-state index contributed by atoms with van der Waals surface area (Å²) in [7, 11) is 0. The van der Waals surface area contributed by atoms with Gasteiger partial charge in [0, 0.05) is 11.1 Å². The maximum absolute atomic E-state index is 12.0. The Morgan fingerprint density at radius 2 is 1.75 bits per heavy atom. The molecule has 2 aromatic carbocycles. The molecule has 0 bridgehead atoms. The number of Topliss-reactive ketones (excluding diaryl/α,β-unsaturated/α-hetero) is 1. The van der Waals surface area contributed by atoms with E-state index < -0.39 is 0 Å². The van der Waals surface area contributed by atoms with Gasteiger partial charge in [0.05, 0.1) is 17.3 Å². The van der Waals surface area contributed by atoms with Gasteiger partial charge in [-0.1, -0.05) is 29.8 Å². The average Bonchev–Trinajstić information content (AvgIpc) is 2.49. The molecule has 1 amide bonds. The van der Waals surface area contributed by atoms with Crippen LogP contribution in [0.15, 0.2) is 48.5 Å². The second kappa shape index (κ2) is 6.32. The maximum Gasteiger partial charge on any atom is 0.255 e. The molecule has 0 aromatic heterocycles. The van der Waals surface area contributed by atoms with Gasteiger partial charge in [-0.2, -0.15) is 0 Å². The lowest BCUT2D eigenvalue weighted by Crippen LogP contribution is -2.15. The van der Waals surface area contributed by atoms with Crippen LogP contribution in [0.25, 0.3) is 0 Å². The summed E-state index contributed by atoms with van der Waals surface area (Å²) in [5, 5.41) is 3.00. The first-order valence-electron chi connectivity index (χ1n) is 6.01. The lowest BCUT2D eigenvalue weighted by Gasteiger charge is -2.08. The predicted molar refractivity (Wildman–Crippen MR) is 79.2 cm³/mol. The van der Waals surface area contributed by atoms with Crippen molar-refractivity contribution in [2.75, 3.05) is 11.9 Å². The summed E-state index contributed by atoms with van der Waals surface area (Å²) in [6.07, 6.45) is 0. The monoisotopic (exact) mass is 288 g/mol. The highest BCUT2D eigenvalue weighted by atomic mass is 35.5. The van der Waals surface area contributed by atoms with Crippen molar-refractivity contribution >= 4 is 29.0 Å². The molecule has 0 radical (unpaired) electrons. The Balaban J connectivity index is 2.18. The van der Waals surface area contributed by atoms with Gasteiger partial charge in [0.15, 0.2) is 5.78 Å². The van der Waals surface area contributed by atoms with E-state index >= 15 is 0 Å². The van der Waals surface area contributed by atoms with Crippen molar-refractivity contribution in [2.45, 2.75) is 0 Å².